The SMILES string of the molecule is BCCc1ccc(OC2CN(CC(/C=C\N)=C/N)C2)c(C)c1O. The number of hydrogen-bond donors (Lipinski definition) is 3. The van der Waals surface area contributed by atoms with Gasteiger partial charge in [-0.25, -0.2) is 0 Å². The number of aryl methyl sites for hydroxylation is 1. The van der Waals surface area contributed by atoms with E-state index in [9.17, 15) is 5.11 Å². The average Bonchev–Trinajstić information content (AvgIpc) is 2.51. The fourth-order valence-corrected chi connectivity index (χ4v) is 2.78. The summed E-state index contributed by atoms with van der Waals surface area (Å²) in [5.41, 5.74) is 13.8. The molecule has 5 nitrogen and oxygen atoms in total. The minimum atomic E-state index is 0.144. The second-order valence-corrected chi connectivity index (χ2v) is 5.98. The molecule has 1 aromatic rings. The summed E-state index contributed by atoms with van der Waals surface area (Å²) >= 11 is 0. The van der Waals surface area contributed by atoms with Crippen molar-refractivity contribution in [2.24, 2.45) is 11.5 Å². The number of rotatable bonds is 7. The topological polar surface area (TPSA) is 84.7 Å². The molecule has 1 aliphatic rings. The lowest BCUT2D eigenvalue weighted by molar-refractivity contribution is 0.0264. The minimum absolute atomic E-state index is 0.144. The number of ether oxygens (including phenoxy) is 1. The van der Waals surface area contributed by atoms with Gasteiger partial charge in [0.05, 0.1) is 0 Å². The molecule has 1 saturated heterocycles. The molecule has 1 heterocycles. The van der Waals surface area contributed by atoms with Crippen LogP contribution in [0.2, 0.25) is 6.32 Å². The Hall–Kier alpha value is -2.08. The van der Waals surface area contributed by atoms with Crippen LogP contribution in [0, 0.1) is 6.92 Å². The summed E-state index contributed by atoms with van der Waals surface area (Å²) in [6.07, 6.45) is 6.92. The largest absolute Gasteiger partial charge is 0.507 e. The quantitative estimate of drug-likeness (QED) is 0.509. The Labute approximate surface area is 139 Å². The van der Waals surface area contributed by atoms with Gasteiger partial charge >= 0.3 is 0 Å². The number of nitrogens with zero attached hydrogens (tertiary/aromatic N) is 1. The summed E-state index contributed by atoms with van der Waals surface area (Å²) in [5.74, 6) is 1.13. The fraction of sp³-hybridized carbons (Fsp3) is 0.412. The van der Waals surface area contributed by atoms with Crippen LogP contribution < -0.4 is 16.2 Å². The van der Waals surface area contributed by atoms with Crippen molar-refractivity contribution in [3.8, 4) is 11.5 Å². The monoisotopic (exact) mass is 315 g/mol. The van der Waals surface area contributed by atoms with Gasteiger partial charge in [-0.1, -0.05) is 12.4 Å². The summed E-state index contributed by atoms with van der Waals surface area (Å²) in [4.78, 5) is 2.24. The Morgan fingerprint density at radius 1 is 1.43 bits per heavy atom. The van der Waals surface area contributed by atoms with Crippen molar-refractivity contribution >= 4 is 7.85 Å². The number of nitrogens with two attached hydrogens (primary N) is 2. The molecule has 23 heavy (non-hydrogen) atoms. The third kappa shape index (κ3) is 4.23. The van der Waals surface area contributed by atoms with E-state index in [4.69, 9.17) is 16.2 Å². The zero-order valence-electron chi connectivity index (χ0n) is 14.0. The van der Waals surface area contributed by atoms with Crippen molar-refractivity contribution in [1.29, 1.82) is 0 Å². The molecule has 0 unspecified atom stereocenters. The van der Waals surface area contributed by atoms with Crippen LogP contribution in [0.15, 0.2) is 36.2 Å². The summed E-state index contributed by atoms with van der Waals surface area (Å²) in [6.45, 7) is 4.35. The van der Waals surface area contributed by atoms with Crippen LogP contribution in [0.4, 0.5) is 0 Å². The predicted octanol–water partition coefficient (Wildman–Crippen LogP) is 0.673. The Kier molecular flexibility index (Phi) is 5.99. The van der Waals surface area contributed by atoms with Crippen molar-refractivity contribution in [2.75, 3.05) is 19.6 Å². The molecule has 0 spiro atoms. The predicted molar refractivity (Wildman–Crippen MR) is 96.4 cm³/mol. The number of phenolic OH excluding ortho intramolecular Hbond substituents is 1. The Bertz CT molecular complexity index is 596. The van der Waals surface area contributed by atoms with Gasteiger partial charge in [-0.2, -0.15) is 0 Å². The van der Waals surface area contributed by atoms with Gasteiger partial charge in [0.15, 0.2) is 0 Å². The second kappa shape index (κ2) is 7.97. The highest BCUT2D eigenvalue weighted by Crippen LogP contribution is 2.32. The number of aromatic hydroxyl groups is 1. The maximum Gasteiger partial charge on any atom is 0.126 e. The first-order valence-corrected chi connectivity index (χ1v) is 8.08. The first kappa shape index (κ1) is 17.3. The summed E-state index contributed by atoms with van der Waals surface area (Å²) in [7, 11) is 2.10. The smallest absolute Gasteiger partial charge is 0.126 e. The van der Waals surface area contributed by atoms with Gasteiger partial charge in [0.2, 0.25) is 0 Å². The molecular weight excluding hydrogens is 289 g/mol. The van der Waals surface area contributed by atoms with Crippen LogP contribution in [0.1, 0.15) is 11.1 Å². The van der Waals surface area contributed by atoms with E-state index in [-0.39, 0.29) is 6.10 Å². The van der Waals surface area contributed by atoms with E-state index >= 15 is 0 Å². The summed E-state index contributed by atoms with van der Waals surface area (Å²) in [6, 6.07) is 3.92. The molecule has 0 aliphatic carbocycles. The highest BCUT2D eigenvalue weighted by Gasteiger charge is 2.29. The third-order valence-corrected chi connectivity index (χ3v) is 4.13. The van der Waals surface area contributed by atoms with Crippen LogP contribution >= 0.6 is 0 Å². The van der Waals surface area contributed by atoms with E-state index in [2.05, 4.69) is 12.7 Å². The Balaban J connectivity index is 1.90. The molecule has 6 heteroatoms. The second-order valence-electron chi connectivity index (χ2n) is 5.98. The van der Waals surface area contributed by atoms with Crippen LogP contribution in [0.3, 0.4) is 0 Å². The lowest BCUT2D eigenvalue weighted by atomic mass is 9.95. The molecule has 2 rings (SSSR count). The number of hydrogen-bond acceptors (Lipinski definition) is 5. The molecule has 0 radical (unpaired) electrons. The summed E-state index contributed by atoms with van der Waals surface area (Å²) in [5, 5.41) is 10.2. The summed E-state index contributed by atoms with van der Waals surface area (Å²) < 4.78 is 6.01. The highest BCUT2D eigenvalue weighted by atomic mass is 16.5. The van der Waals surface area contributed by atoms with Gasteiger partial charge in [-0.3, -0.25) is 4.90 Å². The van der Waals surface area contributed by atoms with Crippen molar-refractivity contribution in [2.45, 2.75) is 25.8 Å². The molecule has 1 aliphatic heterocycles. The van der Waals surface area contributed by atoms with Crippen LogP contribution in [0.5, 0.6) is 11.5 Å². The van der Waals surface area contributed by atoms with Gasteiger partial charge in [-0.15, -0.1) is 0 Å². The number of phenols is 1. The third-order valence-electron chi connectivity index (χ3n) is 4.13. The normalized spacial score (nSPS) is 16.7. The first-order valence-electron chi connectivity index (χ1n) is 8.08. The lowest BCUT2D eigenvalue weighted by Crippen LogP contribution is -2.54. The first-order chi connectivity index (χ1) is 11.1. The molecule has 0 saturated carbocycles. The van der Waals surface area contributed by atoms with Gasteiger partial charge in [0.1, 0.15) is 25.4 Å². The van der Waals surface area contributed by atoms with Crippen molar-refractivity contribution in [3.05, 3.63) is 47.3 Å². The van der Waals surface area contributed by atoms with E-state index in [1.54, 1.807) is 6.20 Å². The van der Waals surface area contributed by atoms with Crippen molar-refractivity contribution < 1.29 is 9.84 Å². The van der Waals surface area contributed by atoms with Crippen molar-refractivity contribution in [3.63, 3.8) is 0 Å². The fourth-order valence-electron chi connectivity index (χ4n) is 2.78. The van der Waals surface area contributed by atoms with E-state index in [0.29, 0.717) is 5.75 Å². The van der Waals surface area contributed by atoms with Gasteiger partial charge in [-0.05, 0) is 49.0 Å². The van der Waals surface area contributed by atoms with Gasteiger partial charge < -0.3 is 21.3 Å². The zero-order chi connectivity index (χ0) is 16.8. The van der Waals surface area contributed by atoms with Crippen LogP contribution in [-0.4, -0.2) is 43.6 Å². The number of benzene rings is 1. The lowest BCUT2D eigenvalue weighted by Gasteiger charge is -2.39. The molecule has 5 N–H and O–H groups in total. The molecule has 0 aromatic heterocycles. The van der Waals surface area contributed by atoms with Crippen LogP contribution in [-0.2, 0) is 6.42 Å². The standard InChI is InChI=1S/C17H26BN3O2/c1-12-16(3-2-14(4-6-18)17(12)22)23-15-10-21(11-15)9-13(8-20)5-7-19/h2-3,5,7-8,15,22H,4,6,9-11,18-20H2,1H3/b7-5-,13-8+. The highest BCUT2D eigenvalue weighted by molar-refractivity contribution is 6.08. The molecular formula is C17H26BN3O2. The molecule has 1 fully saturated rings. The van der Waals surface area contributed by atoms with E-state index in [1.165, 1.54) is 6.20 Å². The molecule has 0 bridgehead atoms. The Morgan fingerprint density at radius 2 is 2.17 bits per heavy atom. The van der Waals surface area contributed by atoms with E-state index in [1.807, 2.05) is 25.1 Å². The molecule has 124 valence electrons. The number of likely N-dealkylation sites (tertiary alicyclic amines) is 1. The van der Waals surface area contributed by atoms with Crippen molar-refractivity contribution in [1.82, 2.24) is 4.90 Å². The van der Waals surface area contributed by atoms with Crippen LogP contribution in [0.25, 0.3) is 0 Å². The molecule has 0 atom stereocenters. The minimum Gasteiger partial charge on any atom is -0.507 e. The molecule has 0 amide bonds. The zero-order valence-corrected chi connectivity index (χ0v) is 14.0. The van der Waals surface area contributed by atoms with Gasteiger partial charge in [0.25, 0.3) is 0 Å². The molecule has 1 aromatic carbocycles. The maximum absolute atomic E-state index is 10.2. The van der Waals surface area contributed by atoms with E-state index < -0.39 is 0 Å². The maximum atomic E-state index is 10.2. The average molecular weight is 315 g/mol. The van der Waals surface area contributed by atoms with E-state index in [0.717, 1.165) is 54.8 Å². The van der Waals surface area contributed by atoms with Gasteiger partial charge in [0, 0.05) is 25.2 Å². The Morgan fingerprint density at radius 3 is 2.78 bits per heavy atom.